The predicted molar refractivity (Wildman–Crippen MR) is 15.9 cm³/mol. The molecular formula is C3H3MoORe2-. The van der Waals surface area contributed by atoms with Crippen molar-refractivity contribution in [3.8, 4) is 0 Å². The van der Waals surface area contributed by atoms with E-state index in [1.165, 1.54) is 6.29 Å². The van der Waals surface area contributed by atoms with Gasteiger partial charge < -0.3 is 4.79 Å². The minimum Gasteiger partial charge on any atom is -0.419 e. The molecule has 4 heteroatoms. The Kier molecular flexibility index (Phi) is 88.6. The molecule has 0 fully saturated rings. The van der Waals surface area contributed by atoms with Crippen LogP contribution in [0.25, 0.3) is 0 Å². The molecule has 1 nitrogen and oxygen atoms in total. The van der Waals surface area contributed by atoms with Crippen molar-refractivity contribution in [1.29, 1.82) is 0 Å². The number of hydrogen-bond donors (Lipinski definition) is 0. The summed E-state index contributed by atoms with van der Waals surface area (Å²) in [6.07, 6.45) is 2.51. The number of rotatable bonds is 1. The first-order valence-electron chi connectivity index (χ1n) is 0.901. The maximum atomic E-state index is 8.93. The van der Waals surface area contributed by atoms with Crippen LogP contribution in [0.3, 0.4) is 0 Å². The van der Waals surface area contributed by atoms with Gasteiger partial charge in [-0.1, -0.05) is 0 Å². The molecule has 2 radical (unpaired) electrons. The van der Waals surface area contributed by atoms with Crippen molar-refractivity contribution in [3.05, 3.63) is 12.7 Å². The predicted octanol–water partition coefficient (Wildman–Crippen LogP) is 0.275. The van der Waals surface area contributed by atoms with Crippen LogP contribution < -0.4 is 0 Å². The van der Waals surface area contributed by atoms with Crippen LogP contribution in [-0.4, -0.2) is 6.29 Å². The van der Waals surface area contributed by atoms with Crippen LogP contribution in [0.15, 0.2) is 12.7 Å². The van der Waals surface area contributed by atoms with Crippen LogP contribution in [0.1, 0.15) is 0 Å². The van der Waals surface area contributed by atoms with Crippen molar-refractivity contribution in [3.63, 3.8) is 0 Å². The number of carbonyl (C=O) groups excluding carboxylic acids is 1. The van der Waals surface area contributed by atoms with Gasteiger partial charge in [0, 0.05) is 61.9 Å². The van der Waals surface area contributed by atoms with Gasteiger partial charge in [-0.05, 0) is 6.29 Å². The van der Waals surface area contributed by atoms with E-state index in [-0.39, 0.29) is 61.9 Å². The molecule has 7 heavy (non-hydrogen) atoms. The summed E-state index contributed by atoms with van der Waals surface area (Å²) in [5.74, 6) is 0. The van der Waals surface area contributed by atoms with Crippen molar-refractivity contribution in [1.82, 2.24) is 0 Å². The average Bonchev–Trinajstić information content (AvgIpc) is 1.37. The van der Waals surface area contributed by atoms with E-state index in [1.807, 2.05) is 0 Å². The molecule has 0 bridgehead atoms. The molecular weight excluding hydrogens is 520 g/mol. The van der Waals surface area contributed by atoms with Gasteiger partial charge in [-0.25, -0.2) is 12.7 Å². The zero-order valence-electron chi connectivity index (χ0n) is 3.36. The van der Waals surface area contributed by atoms with E-state index >= 15 is 0 Å². The molecule has 0 aromatic heterocycles. The van der Waals surface area contributed by atoms with Crippen LogP contribution >= 0.6 is 0 Å². The third kappa shape index (κ3) is 37.2. The molecule has 0 amide bonds. The summed E-state index contributed by atoms with van der Waals surface area (Å²) in [5.41, 5.74) is 0. The molecule has 0 N–H and O–H groups in total. The van der Waals surface area contributed by atoms with Gasteiger partial charge in [-0.15, -0.1) is 0 Å². The van der Waals surface area contributed by atoms with E-state index in [4.69, 9.17) is 4.79 Å². The Morgan fingerprint density at radius 3 is 1.57 bits per heavy atom. The topological polar surface area (TPSA) is 17.1 Å². The first-order valence-corrected chi connectivity index (χ1v) is 0.901. The Morgan fingerprint density at radius 1 is 1.43 bits per heavy atom. The second kappa shape index (κ2) is 26.1. The smallest absolute Gasteiger partial charge is 0 e. The Morgan fingerprint density at radius 2 is 1.57 bits per heavy atom. The average molecular weight is 523 g/mol. The Labute approximate surface area is 84.9 Å². The van der Waals surface area contributed by atoms with Gasteiger partial charge in [-0.3, -0.25) is 0 Å². The quantitative estimate of drug-likeness (QED) is 0.274. The van der Waals surface area contributed by atoms with Gasteiger partial charge >= 0.3 is 0 Å². The summed E-state index contributed by atoms with van der Waals surface area (Å²) in [6, 6.07) is 0. The first kappa shape index (κ1) is 23.7. The van der Waals surface area contributed by atoms with Crippen LogP contribution in [0, 0.1) is 0 Å². The summed E-state index contributed by atoms with van der Waals surface area (Å²) < 4.78 is 0. The fourth-order valence-electron chi connectivity index (χ4n) is 0. The monoisotopic (exact) mass is 527 g/mol. The largest absolute Gasteiger partial charge is 0.419 e. The van der Waals surface area contributed by atoms with E-state index in [0.29, 0.717) is 0 Å². The minimum absolute atomic E-state index is 0. The Hall–Kier alpha value is 1.42. The molecule has 0 aliphatic heterocycles. The fraction of sp³-hybridized carbons (Fsp3) is 0. The SMILES string of the molecule is C=C[C-]=O.[Mo].[Re].[Re]. The molecule has 0 aliphatic rings. The molecule has 0 saturated carbocycles. The summed E-state index contributed by atoms with van der Waals surface area (Å²) in [4.78, 5) is 8.93. The summed E-state index contributed by atoms with van der Waals surface area (Å²) in [7, 11) is 0. The van der Waals surface area contributed by atoms with E-state index in [1.54, 1.807) is 0 Å². The summed E-state index contributed by atoms with van der Waals surface area (Å²) >= 11 is 0. The van der Waals surface area contributed by atoms with Gasteiger partial charge in [-0.2, -0.15) is 0 Å². The minimum atomic E-state index is 0. The summed E-state index contributed by atoms with van der Waals surface area (Å²) in [5, 5.41) is 0. The van der Waals surface area contributed by atoms with Gasteiger partial charge in [0.2, 0.25) is 0 Å². The number of hydrogen-bond acceptors (Lipinski definition) is 1. The van der Waals surface area contributed by atoms with Crippen molar-refractivity contribution >= 4 is 6.29 Å². The summed E-state index contributed by atoms with van der Waals surface area (Å²) in [6.45, 7) is 3.06. The van der Waals surface area contributed by atoms with E-state index in [9.17, 15) is 0 Å². The Balaban J connectivity index is -0.0000000150. The van der Waals surface area contributed by atoms with Gasteiger partial charge in [0.25, 0.3) is 0 Å². The van der Waals surface area contributed by atoms with Crippen molar-refractivity contribution in [2.75, 3.05) is 0 Å². The molecule has 0 spiro atoms. The zero-order chi connectivity index (χ0) is 3.41. The van der Waals surface area contributed by atoms with E-state index in [0.717, 1.165) is 6.08 Å². The first-order chi connectivity index (χ1) is 1.91. The maximum absolute atomic E-state index is 8.93. The standard InChI is InChI=1S/C3H3O.Mo.2Re/c1-2-3-4;;;/h2H,1H2;;;/q-1;;;. The molecule has 0 unspecified atom stereocenters. The van der Waals surface area contributed by atoms with Gasteiger partial charge in [0.15, 0.2) is 0 Å². The molecule has 0 rings (SSSR count). The maximum Gasteiger partial charge on any atom is 0 e. The normalized spacial score (nSPS) is 2.86. The fourth-order valence-corrected chi connectivity index (χ4v) is 0. The van der Waals surface area contributed by atoms with Crippen LogP contribution in [-0.2, 0) is 66.7 Å². The molecule has 0 aliphatic carbocycles. The van der Waals surface area contributed by atoms with Gasteiger partial charge in [0.1, 0.15) is 0 Å². The Bertz CT molecular complexity index is 33.9. The van der Waals surface area contributed by atoms with Crippen molar-refractivity contribution in [2.24, 2.45) is 0 Å². The third-order valence-electron chi connectivity index (χ3n) is 0.0833. The second-order valence-corrected chi connectivity index (χ2v) is 0.322. The van der Waals surface area contributed by atoms with E-state index in [2.05, 4.69) is 6.58 Å². The molecule has 0 heterocycles. The zero-order valence-corrected chi connectivity index (χ0v) is 10.8. The molecule has 0 aromatic carbocycles. The van der Waals surface area contributed by atoms with Crippen molar-refractivity contribution in [2.45, 2.75) is 0 Å². The number of allylic oxidation sites excluding steroid dienone is 1. The van der Waals surface area contributed by atoms with Crippen molar-refractivity contribution < 1.29 is 66.7 Å². The molecule has 0 saturated heterocycles. The van der Waals surface area contributed by atoms with Crippen LogP contribution in [0.5, 0.6) is 0 Å². The third-order valence-corrected chi connectivity index (χ3v) is 0.0833. The molecule has 0 aromatic rings. The second-order valence-electron chi connectivity index (χ2n) is 0.322. The van der Waals surface area contributed by atoms with Crippen LogP contribution in [0.4, 0.5) is 0 Å². The molecule has 0 atom stereocenters. The van der Waals surface area contributed by atoms with E-state index < -0.39 is 0 Å². The molecule has 42 valence electrons. The van der Waals surface area contributed by atoms with Gasteiger partial charge in [0.05, 0.1) is 0 Å². The van der Waals surface area contributed by atoms with Crippen LogP contribution in [0.2, 0.25) is 0 Å².